The molecule has 0 aliphatic carbocycles. The van der Waals surface area contributed by atoms with Gasteiger partial charge in [-0.3, -0.25) is 24.6 Å². The Balaban J connectivity index is 1.53. The van der Waals surface area contributed by atoms with Gasteiger partial charge in [0.1, 0.15) is 17.0 Å². The van der Waals surface area contributed by atoms with E-state index >= 15 is 0 Å². The molecule has 0 aromatic heterocycles. The topological polar surface area (TPSA) is 95.9 Å². The number of imide groups is 1. The van der Waals surface area contributed by atoms with E-state index in [1.165, 1.54) is 12.1 Å². The lowest BCUT2D eigenvalue weighted by atomic mass is 9.72. The number of nitrogens with zero attached hydrogens (tertiary/aromatic N) is 1. The number of carbonyl (C=O) groups is 3. The maximum atomic E-state index is 13.8. The van der Waals surface area contributed by atoms with E-state index in [-0.39, 0.29) is 18.0 Å². The van der Waals surface area contributed by atoms with Crippen LogP contribution in [0.2, 0.25) is 0 Å². The standard InChI is InChI=1S/C31H29F3N2O5/c1-3-18(2)30(29(39)40)25-24(27(37)36(28(25)38)17-19-9-5-4-6-10-19)26(35-30)20-11-7-13-22(15-20)41-23-14-8-12-21(16-23)31(32,33)34/h4-16,18,24-26,35H,3,17H2,1-2H3,(H,39,40). The van der Waals surface area contributed by atoms with Gasteiger partial charge in [0.15, 0.2) is 0 Å². The van der Waals surface area contributed by atoms with Gasteiger partial charge in [0.25, 0.3) is 0 Å². The summed E-state index contributed by atoms with van der Waals surface area (Å²) in [6, 6.07) is 19.0. The third kappa shape index (κ3) is 4.97. The first-order chi connectivity index (χ1) is 19.5. The zero-order chi connectivity index (χ0) is 29.5. The predicted molar refractivity (Wildman–Crippen MR) is 143 cm³/mol. The molecule has 0 radical (unpaired) electrons. The van der Waals surface area contributed by atoms with Crippen molar-refractivity contribution in [3.8, 4) is 11.5 Å². The first kappa shape index (κ1) is 28.4. The van der Waals surface area contributed by atoms with Gasteiger partial charge in [-0.15, -0.1) is 0 Å². The maximum absolute atomic E-state index is 13.8. The van der Waals surface area contributed by atoms with Crippen molar-refractivity contribution >= 4 is 17.8 Å². The summed E-state index contributed by atoms with van der Waals surface area (Å²) >= 11 is 0. The molecule has 2 amide bonds. The number of benzene rings is 3. The molecule has 2 N–H and O–H groups in total. The number of amides is 2. The molecule has 2 aliphatic rings. The second kappa shape index (κ2) is 10.7. The average Bonchev–Trinajstić information content (AvgIpc) is 3.43. The van der Waals surface area contributed by atoms with Crippen molar-refractivity contribution in [2.45, 2.75) is 44.6 Å². The Morgan fingerprint density at radius 1 is 1.00 bits per heavy atom. The molecule has 2 saturated heterocycles. The lowest BCUT2D eigenvalue weighted by Gasteiger charge is -2.36. The summed E-state index contributed by atoms with van der Waals surface area (Å²) < 4.78 is 45.3. The molecule has 10 heteroatoms. The van der Waals surface area contributed by atoms with Crippen LogP contribution in [0.25, 0.3) is 0 Å². The fraction of sp³-hybridized carbons (Fsp3) is 0.323. The number of carbonyl (C=O) groups excluding carboxylic acids is 2. The number of carboxylic acids is 1. The average molecular weight is 567 g/mol. The third-order valence-corrected chi connectivity index (χ3v) is 8.23. The van der Waals surface area contributed by atoms with E-state index in [0.29, 0.717) is 12.0 Å². The predicted octanol–water partition coefficient (Wildman–Crippen LogP) is 5.81. The zero-order valence-electron chi connectivity index (χ0n) is 22.4. The SMILES string of the molecule is CCC(C)C1(C(=O)O)NC(c2cccc(Oc3cccc(C(F)(F)F)c3)c2)C2C(=O)N(Cc3ccccc3)C(=O)C21. The second-order valence-corrected chi connectivity index (χ2v) is 10.6. The van der Waals surface area contributed by atoms with Crippen molar-refractivity contribution in [2.75, 3.05) is 0 Å². The minimum atomic E-state index is -4.54. The van der Waals surface area contributed by atoms with Gasteiger partial charge in [0.2, 0.25) is 11.8 Å². The number of carboxylic acid groups (broad SMARTS) is 1. The Labute approximate surface area is 234 Å². The number of hydrogen-bond acceptors (Lipinski definition) is 5. The largest absolute Gasteiger partial charge is 0.480 e. The van der Waals surface area contributed by atoms with Crippen LogP contribution in [0, 0.1) is 17.8 Å². The van der Waals surface area contributed by atoms with Gasteiger partial charge in [-0.2, -0.15) is 13.2 Å². The number of halogens is 3. The summed E-state index contributed by atoms with van der Waals surface area (Å²) in [5.74, 6) is -4.72. The van der Waals surface area contributed by atoms with Gasteiger partial charge in [-0.1, -0.05) is 68.8 Å². The molecule has 0 bridgehead atoms. The van der Waals surface area contributed by atoms with Crippen LogP contribution in [-0.4, -0.2) is 33.3 Å². The molecule has 5 rings (SSSR count). The molecule has 2 aliphatic heterocycles. The van der Waals surface area contributed by atoms with Crippen LogP contribution in [-0.2, 0) is 27.1 Å². The monoisotopic (exact) mass is 566 g/mol. The Morgan fingerprint density at radius 3 is 2.29 bits per heavy atom. The smallest absolute Gasteiger partial charge is 0.416 e. The van der Waals surface area contributed by atoms with E-state index in [2.05, 4.69) is 5.32 Å². The van der Waals surface area contributed by atoms with E-state index in [4.69, 9.17) is 4.74 Å². The molecule has 41 heavy (non-hydrogen) atoms. The zero-order valence-corrected chi connectivity index (χ0v) is 22.4. The van der Waals surface area contributed by atoms with Crippen molar-refractivity contribution in [1.82, 2.24) is 10.2 Å². The number of fused-ring (bicyclic) bond motifs is 1. The van der Waals surface area contributed by atoms with Gasteiger partial charge < -0.3 is 9.84 Å². The summed E-state index contributed by atoms with van der Waals surface area (Å²) in [5.41, 5.74) is -1.35. The maximum Gasteiger partial charge on any atom is 0.416 e. The van der Waals surface area contributed by atoms with Crippen LogP contribution in [0.1, 0.15) is 43.0 Å². The molecular weight excluding hydrogens is 537 g/mol. The molecule has 0 saturated carbocycles. The normalized spacial score (nSPS) is 24.8. The number of rotatable bonds is 8. The number of hydrogen-bond donors (Lipinski definition) is 2. The lowest BCUT2D eigenvalue weighted by Crippen LogP contribution is -2.59. The van der Waals surface area contributed by atoms with Gasteiger partial charge in [0.05, 0.1) is 23.9 Å². The quantitative estimate of drug-likeness (QED) is 0.334. The first-order valence-corrected chi connectivity index (χ1v) is 13.3. The highest BCUT2D eigenvalue weighted by Crippen LogP contribution is 2.52. The molecular formula is C31H29F3N2O5. The van der Waals surface area contributed by atoms with Crippen LogP contribution in [0.4, 0.5) is 13.2 Å². The Bertz CT molecular complexity index is 1480. The van der Waals surface area contributed by atoms with Crippen molar-refractivity contribution < 1.29 is 37.4 Å². The van der Waals surface area contributed by atoms with Crippen molar-refractivity contribution in [2.24, 2.45) is 17.8 Å². The summed E-state index contributed by atoms with van der Waals surface area (Å²) in [4.78, 5) is 41.7. The third-order valence-electron chi connectivity index (χ3n) is 8.23. The fourth-order valence-electron chi connectivity index (χ4n) is 6.03. The number of ether oxygens (including phenoxy) is 1. The molecule has 214 valence electrons. The van der Waals surface area contributed by atoms with E-state index < -0.39 is 58.9 Å². The minimum Gasteiger partial charge on any atom is -0.480 e. The fourth-order valence-corrected chi connectivity index (χ4v) is 6.03. The Kier molecular flexibility index (Phi) is 7.37. The number of nitrogens with one attached hydrogen (secondary N) is 1. The van der Waals surface area contributed by atoms with Crippen LogP contribution < -0.4 is 10.1 Å². The van der Waals surface area contributed by atoms with Crippen molar-refractivity contribution in [1.29, 1.82) is 0 Å². The first-order valence-electron chi connectivity index (χ1n) is 13.3. The molecule has 3 aromatic rings. The summed E-state index contributed by atoms with van der Waals surface area (Å²) in [5, 5.41) is 13.7. The number of aliphatic carboxylic acids is 1. The van der Waals surface area contributed by atoms with E-state index in [1.807, 2.05) is 13.0 Å². The molecule has 0 spiro atoms. The highest BCUT2D eigenvalue weighted by molar-refractivity contribution is 6.09. The van der Waals surface area contributed by atoms with Crippen LogP contribution in [0.3, 0.4) is 0 Å². The van der Waals surface area contributed by atoms with Gasteiger partial charge >= 0.3 is 12.1 Å². The van der Waals surface area contributed by atoms with Crippen LogP contribution in [0.15, 0.2) is 78.9 Å². The Morgan fingerprint density at radius 2 is 1.66 bits per heavy atom. The molecule has 3 aromatic carbocycles. The van der Waals surface area contributed by atoms with Crippen molar-refractivity contribution in [3.63, 3.8) is 0 Å². The van der Waals surface area contributed by atoms with E-state index in [1.54, 1.807) is 55.5 Å². The van der Waals surface area contributed by atoms with Gasteiger partial charge in [-0.05, 0) is 47.4 Å². The molecule has 5 unspecified atom stereocenters. The summed E-state index contributed by atoms with van der Waals surface area (Å²) in [6.07, 6.45) is -4.10. The molecule has 7 nitrogen and oxygen atoms in total. The number of alkyl halides is 3. The van der Waals surface area contributed by atoms with Crippen LogP contribution in [0.5, 0.6) is 11.5 Å². The molecule has 2 fully saturated rings. The second-order valence-electron chi connectivity index (χ2n) is 10.6. The minimum absolute atomic E-state index is 0.0210. The molecule has 2 heterocycles. The van der Waals surface area contributed by atoms with Crippen molar-refractivity contribution in [3.05, 3.63) is 95.6 Å². The lowest BCUT2D eigenvalue weighted by molar-refractivity contribution is -0.154. The number of likely N-dealkylation sites (tertiary alicyclic amines) is 1. The van der Waals surface area contributed by atoms with Gasteiger partial charge in [-0.25, -0.2) is 0 Å². The van der Waals surface area contributed by atoms with Crippen LogP contribution >= 0.6 is 0 Å². The highest BCUT2D eigenvalue weighted by atomic mass is 19.4. The van der Waals surface area contributed by atoms with E-state index in [9.17, 15) is 32.7 Å². The van der Waals surface area contributed by atoms with E-state index in [0.717, 1.165) is 22.6 Å². The Hall–Kier alpha value is -4.18. The highest BCUT2D eigenvalue weighted by Gasteiger charge is 2.69. The molecule has 5 atom stereocenters. The summed E-state index contributed by atoms with van der Waals surface area (Å²) in [7, 11) is 0. The summed E-state index contributed by atoms with van der Waals surface area (Å²) in [6.45, 7) is 3.59. The van der Waals surface area contributed by atoms with Gasteiger partial charge in [0, 0.05) is 6.04 Å².